The van der Waals surface area contributed by atoms with Crippen molar-refractivity contribution in [2.75, 3.05) is 26.2 Å². The lowest BCUT2D eigenvalue weighted by Crippen LogP contribution is -2.51. The smallest absolute Gasteiger partial charge is 0.223 e. The van der Waals surface area contributed by atoms with E-state index in [1.165, 1.54) is 69.2 Å². The van der Waals surface area contributed by atoms with Crippen molar-refractivity contribution in [1.29, 1.82) is 0 Å². The molecule has 1 aliphatic carbocycles. The number of piperidine rings is 1. The van der Waals surface area contributed by atoms with E-state index in [-0.39, 0.29) is 5.91 Å². The fraction of sp³-hybridized carbons (Fsp3) is 0.692. The predicted molar refractivity (Wildman–Crippen MR) is 131 cm³/mol. The van der Waals surface area contributed by atoms with Gasteiger partial charge in [0.1, 0.15) is 0 Å². The van der Waals surface area contributed by atoms with Crippen LogP contribution in [0.3, 0.4) is 0 Å². The van der Waals surface area contributed by atoms with Gasteiger partial charge in [0.15, 0.2) is 5.96 Å². The topological polar surface area (TPSA) is 60.0 Å². The Morgan fingerprint density at radius 1 is 1.03 bits per heavy atom. The van der Waals surface area contributed by atoms with E-state index in [1.807, 2.05) is 4.90 Å². The third-order valence-corrected chi connectivity index (χ3v) is 7.32. The van der Waals surface area contributed by atoms with Crippen LogP contribution in [0.15, 0.2) is 29.3 Å². The summed E-state index contributed by atoms with van der Waals surface area (Å²) in [5.41, 5.74) is 2.57. The zero-order chi connectivity index (χ0) is 22.2. The van der Waals surface area contributed by atoms with Gasteiger partial charge in [-0.1, -0.05) is 43.5 Å². The van der Waals surface area contributed by atoms with Gasteiger partial charge < -0.3 is 20.4 Å². The number of rotatable bonds is 7. The normalized spacial score (nSPS) is 20.9. The van der Waals surface area contributed by atoms with Crippen LogP contribution in [0.4, 0.5) is 0 Å². The molecule has 1 amide bonds. The summed E-state index contributed by atoms with van der Waals surface area (Å²) < 4.78 is 0. The molecule has 0 spiro atoms. The maximum atomic E-state index is 12.6. The number of hydrogen-bond acceptors (Lipinski definition) is 3. The first-order chi connectivity index (χ1) is 15.7. The molecule has 0 atom stereocenters. The number of carbonyl (C=O) groups excluding carboxylic acids is 1. The van der Waals surface area contributed by atoms with Gasteiger partial charge in [0, 0.05) is 57.8 Å². The maximum absolute atomic E-state index is 12.6. The highest BCUT2D eigenvalue weighted by atomic mass is 16.2. The number of hydrogen-bond donors (Lipinski definition) is 2. The van der Waals surface area contributed by atoms with E-state index in [9.17, 15) is 4.79 Å². The van der Waals surface area contributed by atoms with Gasteiger partial charge in [0.25, 0.3) is 0 Å². The van der Waals surface area contributed by atoms with Crippen molar-refractivity contribution in [3.63, 3.8) is 0 Å². The molecule has 1 aromatic carbocycles. The number of guanidine groups is 1. The Morgan fingerprint density at radius 2 is 1.72 bits per heavy atom. The molecule has 1 aromatic rings. The number of amides is 1. The van der Waals surface area contributed by atoms with Crippen LogP contribution in [0.25, 0.3) is 0 Å². The highest BCUT2D eigenvalue weighted by molar-refractivity contribution is 5.80. The van der Waals surface area contributed by atoms with Crippen LogP contribution in [0.5, 0.6) is 0 Å². The average molecular weight is 440 g/mol. The molecular formula is C26H41N5O. The minimum atomic E-state index is 0.240. The Labute approximate surface area is 193 Å². The van der Waals surface area contributed by atoms with Crippen LogP contribution < -0.4 is 10.6 Å². The first-order valence-electron chi connectivity index (χ1n) is 12.9. The highest BCUT2D eigenvalue weighted by Gasteiger charge is 2.26. The molecule has 0 aromatic heterocycles. The molecule has 2 N–H and O–H groups in total. The lowest BCUT2D eigenvalue weighted by Gasteiger charge is -2.39. The lowest BCUT2D eigenvalue weighted by atomic mass is 9.92. The molecule has 2 fully saturated rings. The number of likely N-dealkylation sites (tertiary alicyclic amines) is 1. The van der Waals surface area contributed by atoms with Crippen LogP contribution in [-0.2, 0) is 17.9 Å². The molecule has 0 bridgehead atoms. The van der Waals surface area contributed by atoms with Crippen molar-refractivity contribution in [3.8, 4) is 0 Å². The monoisotopic (exact) mass is 439 g/mol. The number of carbonyl (C=O) groups is 1. The number of nitrogens with one attached hydrogen (secondary N) is 2. The van der Waals surface area contributed by atoms with E-state index in [2.05, 4.69) is 46.7 Å². The van der Waals surface area contributed by atoms with Crippen molar-refractivity contribution < 1.29 is 4.79 Å². The van der Waals surface area contributed by atoms with Crippen molar-refractivity contribution >= 4 is 11.9 Å². The zero-order valence-electron chi connectivity index (χ0n) is 19.8. The molecule has 32 heavy (non-hydrogen) atoms. The summed E-state index contributed by atoms with van der Waals surface area (Å²) >= 11 is 0. The SMILES string of the molecule is CCNC(=NCCCC(=O)N1Cc2ccccc2C1)NC1CCN(C2CCCCC2)CC1. The van der Waals surface area contributed by atoms with Gasteiger partial charge >= 0.3 is 0 Å². The summed E-state index contributed by atoms with van der Waals surface area (Å²) in [5.74, 6) is 1.15. The molecule has 2 aliphatic heterocycles. The van der Waals surface area contributed by atoms with Crippen molar-refractivity contribution in [3.05, 3.63) is 35.4 Å². The van der Waals surface area contributed by atoms with Crippen molar-refractivity contribution in [2.24, 2.45) is 4.99 Å². The number of nitrogens with zero attached hydrogens (tertiary/aromatic N) is 3. The summed E-state index contributed by atoms with van der Waals surface area (Å²) in [5, 5.41) is 7.04. The van der Waals surface area contributed by atoms with Crippen molar-refractivity contribution in [1.82, 2.24) is 20.4 Å². The average Bonchev–Trinajstić information content (AvgIpc) is 3.27. The minimum absolute atomic E-state index is 0.240. The van der Waals surface area contributed by atoms with Crippen LogP contribution >= 0.6 is 0 Å². The molecular weight excluding hydrogens is 398 g/mol. The van der Waals surface area contributed by atoms with Gasteiger partial charge in [0.2, 0.25) is 5.91 Å². The predicted octanol–water partition coefficient (Wildman–Crippen LogP) is 3.66. The Hall–Kier alpha value is -2.08. The molecule has 3 aliphatic rings. The quantitative estimate of drug-likeness (QED) is 0.387. The van der Waals surface area contributed by atoms with Crippen LogP contribution in [-0.4, -0.2) is 59.9 Å². The molecule has 0 radical (unpaired) electrons. The summed E-state index contributed by atoms with van der Waals surface area (Å²) in [6.07, 6.45) is 10.8. The molecule has 6 heteroatoms. The summed E-state index contributed by atoms with van der Waals surface area (Å²) in [6, 6.07) is 9.68. The highest BCUT2D eigenvalue weighted by Crippen LogP contribution is 2.25. The first kappa shape index (κ1) is 23.1. The molecule has 4 rings (SSSR count). The van der Waals surface area contributed by atoms with Gasteiger partial charge in [0.05, 0.1) is 0 Å². The number of fused-ring (bicyclic) bond motifs is 1. The van der Waals surface area contributed by atoms with Crippen LogP contribution in [0.1, 0.15) is 75.8 Å². The van der Waals surface area contributed by atoms with Crippen molar-refractivity contribution in [2.45, 2.75) is 89.9 Å². The van der Waals surface area contributed by atoms with Crippen LogP contribution in [0, 0.1) is 0 Å². The van der Waals surface area contributed by atoms with Gasteiger partial charge in [-0.15, -0.1) is 0 Å². The second kappa shape index (κ2) is 11.7. The Morgan fingerprint density at radius 3 is 2.38 bits per heavy atom. The van der Waals surface area contributed by atoms with E-state index < -0.39 is 0 Å². The lowest BCUT2D eigenvalue weighted by molar-refractivity contribution is -0.131. The third kappa shape index (κ3) is 6.25. The van der Waals surface area contributed by atoms with Gasteiger partial charge in [-0.05, 0) is 50.2 Å². The molecule has 0 unspecified atom stereocenters. The van der Waals surface area contributed by atoms with Gasteiger partial charge in [-0.3, -0.25) is 9.79 Å². The Kier molecular flexibility index (Phi) is 8.43. The Bertz CT molecular complexity index is 740. The third-order valence-electron chi connectivity index (χ3n) is 7.32. The van der Waals surface area contributed by atoms with E-state index in [0.29, 0.717) is 19.0 Å². The first-order valence-corrected chi connectivity index (χ1v) is 12.9. The fourth-order valence-corrected chi connectivity index (χ4v) is 5.46. The minimum Gasteiger partial charge on any atom is -0.357 e. The summed E-state index contributed by atoms with van der Waals surface area (Å²) in [7, 11) is 0. The van der Waals surface area contributed by atoms with E-state index in [4.69, 9.17) is 4.99 Å². The molecule has 2 heterocycles. The van der Waals surface area contributed by atoms with Crippen LogP contribution in [0.2, 0.25) is 0 Å². The molecule has 6 nitrogen and oxygen atoms in total. The summed E-state index contributed by atoms with van der Waals surface area (Å²) in [4.78, 5) is 22.1. The number of aliphatic imine (C=N–C) groups is 1. The zero-order valence-corrected chi connectivity index (χ0v) is 19.8. The molecule has 176 valence electrons. The standard InChI is InChI=1S/C26H41N5O/c1-2-27-26(29-23-14-17-30(18-15-23)24-11-4-3-5-12-24)28-16-8-13-25(32)31-19-21-9-6-7-10-22(21)20-31/h6-7,9-10,23-24H,2-5,8,11-20H2,1H3,(H2,27,28,29). The molecule has 1 saturated carbocycles. The number of benzene rings is 1. The van der Waals surface area contributed by atoms with E-state index in [1.54, 1.807) is 0 Å². The largest absolute Gasteiger partial charge is 0.357 e. The van der Waals surface area contributed by atoms with E-state index >= 15 is 0 Å². The summed E-state index contributed by atoms with van der Waals surface area (Å²) in [6.45, 7) is 7.56. The van der Waals surface area contributed by atoms with Gasteiger partial charge in [-0.25, -0.2) is 0 Å². The molecule has 1 saturated heterocycles. The second-order valence-corrected chi connectivity index (χ2v) is 9.63. The second-order valence-electron chi connectivity index (χ2n) is 9.63. The Balaban J connectivity index is 1.17. The maximum Gasteiger partial charge on any atom is 0.223 e. The van der Waals surface area contributed by atoms with E-state index in [0.717, 1.165) is 38.1 Å². The van der Waals surface area contributed by atoms with Gasteiger partial charge in [-0.2, -0.15) is 0 Å². The fourth-order valence-electron chi connectivity index (χ4n) is 5.46.